The number of benzene rings is 5. The molecule has 2 aliphatic heterocycles. The van der Waals surface area contributed by atoms with Gasteiger partial charge in [-0.3, -0.25) is 28.8 Å². The van der Waals surface area contributed by atoms with Crippen molar-refractivity contribution in [2.45, 2.75) is 0 Å². The summed E-state index contributed by atoms with van der Waals surface area (Å²) in [7, 11) is 2.97. The summed E-state index contributed by atoms with van der Waals surface area (Å²) in [5.41, 5.74) is 0.598. The average molecular weight is 711 g/mol. The predicted molar refractivity (Wildman–Crippen MR) is 190 cm³/mol. The Morgan fingerprint density at radius 3 is 1.23 bits per heavy atom. The first kappa shape index (κ1) is 33.9. The van der Waals surface area contributed by atoms with E-state index >= 15 is 0 Å². The molecule has 14 heteroatoms. The van der Waals surface area contributed by atoms with Crippen molar-refractivity contribution in [3.8, 4) is 11.5 Å². The molecule has 7 rings (SSSR count). The van der Waals surface area contributed by atoms with Crippen LogP contribution in [0.3, 0.4) is 0 Å². The third-order valence-electron chi connectivity index (χ3n) is 8.65. The quantitative estimate of drug-likeness (QED) is 0.165. The Kier molecular flexibility index (Phi) is 8.47. The van der Waals surface area contributed by atoms with E-state index in [0.717, 1.165) is 9.80 Å². The molecule has 0 unspecified atom stereocenters. The van der Waals surface area contributed by atoms with Crippen molar-refractivity contribution in [3.05, 3.63) is 142 Å². The summed E-state index contributed by atoms with van der Waals surface area (Å²) in [6.07, 6.45) is 0. The molecule has 0 bridgehead atoms. The van der Waals surface area contributed by atoms with Gasteiger partial charge >= 0.3 is 5.97 Å². The molecule has 5 aromatic rings. The van der Waals surface area contributed by atoms with Gasteiger partial charge in [0.15, 0.2) is 0 Å². The molecule has 53 heavy (non-hydrogen) atoms. The van der Waals surface area contributed by atoms with Gasteiger partial charge in [0.2, 0.25) is 0 Å². The number of ether oxygens (including phenoxy) is 2. The highest BCUT2D eigenvalue weighted by molar-refractivity contribution is 6.35. The van der Waals surface area contributed by atoms with Gasteiger partial charge in [-0.1, -0.05) is 0 Å². The number of hydrogen-bond acceptors (Lipinski definition) is 9. The number of aromatic carboxylic acids is 1. The van der Waals surface area contributed by atoms with Crippen LogP contribution >= 0.6 is 0 Å². The zero-order valence-corrected chi connectivity index (χ0v) is 27.8. The molecule has 2 aliphatic rings. The maximum absolute atomic E-state index is 13.3. The predicted octanol–water partition coefficient (Wildman–Crippen LogP) is 5.51. The summed E-state index contributed by atoms with van der Waals surface area (Å²) in [5.74, 6) is -4.11. The van der Waals surface area contributed by atoms with Crippen LogP contribution in [0.2, 0.25) is 0 Å². The lowest BCUT2D eigenvalue weighted by atomic mass is 10.0. The Balaban J connectivity index is 1.09. The molecule has 6 amide bonds. The molecule has 0 aromatic heterocycles. The zero-order valence-electron chi connectivity index (χ0n) is 27.8. The minimum absolute atomic E-state index is 0.00202. The van der Waals surface area contributed by atoms with Crippen LogP contribution in [0.5, 0.6) is 11.5 Å². The van der Waals surface area contributed by atoms with Crippen molar-refractivity contribution >= 4 is 64.2 Å². The molecule has 0 aliphatic carbocycles. The fraction of sp³-hybridized carbons (Fsp3) is 0.0513. The fourth-order valence-electron chi connectivity index (χ4n) is 6.00. The van der Waals surface area contributed by atoms with Gasteiger partial charge in [-0.15, -0.1) is 0 Å². The molecule has 3 N–H and O–H groups in total. The molecule has 14 nitrogen and oxygen atoms in total. The number of hydrogen-bond donors (Lipinski definition) is 3. The average Bonchev–Trinajstić information content (AvgIpc) is 3.57. The van der Waals surface area contributed by atoms with Crippen molar-refractivity contribution in [2.24, 2.45) is 0 Å². The minimum atomic E-state index is -1.35. The smallest absolute Gasteiger partial charge is 0.335 e. The van der Waals surface area contributed by atoms with Crippen LogP contribution in [0.25, 0.3) is 0 Å². The van der Waals surface area contributed by atoms with E-state index in [-0.39, 0.29) is 50.3 Å². The number of rotatable bonds is 9. The molecule has 262 valence electrons. The lowest BCUT2D eigenvalue weighted by Crippen LogP contribution is -2.29. The summed E-state index contributed by atoms with van der Waals surface area (Å²) in [4.78, 5) is 93.4. The van der Waals surface area contributed by atoms with Crippen LogP contribution < -0.4 is 29.9 Å². The third-order valence-corrected chi connectivity index (χ3v) is 8.65. The van der Waals surface area contributed by atoms with Crippen molar-refractivity contribution < 1.29 is 48.1 Å². The molecule has 0 saturated heterocycles. The van der Waals surface area contributed by atoms with Crippen LogP contribution in [0.1, 0.15) is 72.5 Å². The van der Waals surface area contributed by atoms with Gasteiger partial charge in [0.25, 0.3) is 35.4 Å². The Labute approximate surface area is 300 Å². The van der Waals surface area contributed by atoms with E-state index in [2.05, 4.69) is 10.6 Å². The van der Waals surface area contributed by atoms with Crippen LogP contribution in [0, 0.1) is 0 Å². The van der Waals surface area contributed by atoms with Gasteiger partial charge in [0.05, 0.1) is 53.4 Å². The first-order valence-electron chi connectivity index (χ1n) is 15.8. The maximum Gasteiger partial charge on any atom is 0.335 e. The second kappa shape index (κ2) is 13.3. The van der Waals surface area contributed by atoms with E-state index in [1.807, 2.05) is 0 Å². The largest absolute Gasteiger partial charge is 0.497 e. The summed E-state index contributed by atoms with van der Waals surface area (Å²) in [6, 6.07) is 24.3. The number of carbonyl (C=O) groups excluding carboxylic acids is 6. The monoisotopic (exact) mass is 710 g/mol. The van der Waals surface area contributed by atoms with Crippen molar-refractivity contribution in [1.82, 2.24) is 0 Å². The Morgan fingerprint density at radius 2 is 0.868 bits per heavy atom. The highest BCUT2D eigenvalue weighted by atomic mass is 16.5. The molecule has 0 spiro atoms. The van der Waals surface area contributed by atoms with Gasteiger partial charge in [-0.25, -0.2) is 14.6 Å². The Morgan fingerprint density at radius 1 is 0.491 bits per heavy atom. The molecule has 2 heterocycles. The third kappa shape index (κ3) is 6.10. The standard InChI is InChI=1S/C39H26N4O10/c1-52-27-9-5-25(6-10-27)42-35(46)29-13-3-20(17-31(29)37(42)48)33(44)40-23-15-22(39(50)51)16-24(19-23)41-34(45)21-4-14-30-32(18-21)38(49)43(36(30)47)26-7-11-28(53-2)12-8-26/h3-19H,1-2H3,(H,40,44)(H,41,45)(H,50,51). The van der Waals surface area contributed by atoms with E-state index in [4.69, 9.17) is 9.47 Å². The van der Waals surface area contributed by atoms with Crippen LogP contribution in [-0.2, 0) is 0 Å². The van der Waals surface area contributed by atoms with Gasteiger partial charge in [-0.2, -0.15) is 0 Å². The molecule has 0 fully saturated rings. The van der Waals surface area contributed by atoms with E-state index in [1.165, 1.54) is 68.8 Å². The lowest BCUT2D eigenvalue weighted by Gasteiger charge is -2.14. The van der Waals surface area contributed by atoms with Crippen LogP contribution in [0.4, 0.5) is 22.7 Å². The van der Waals surface area contributed by atoms with Crippen molar-refractivity contribution in [3.63, 3.8) is 0 Å². The summed E-state index contributed by atoms with van der Waals surface area (Å²) >= 11 is 0. The number of carboxylic acids is 1. The Hall–Kier alpha value is -7.61. The first-order chi connectivity index (χ1) is 25.5. The first-order valence-corrected chi connectivity index (χ1v) is 15.8. The molecular weight excluding hydrogens is 684 g/mol. The van der Waals surface area contributed by atoms with E-state index in [9.17, 15) is 38.7 Å². The lowest BCUT2D eigenvalue weighted by molar-refractivity contribution is 0.0695. The molecule has 5 aromatic carbocycles. The number of carbonyl (C=O) groups is 7. The summed E-state index contributed by atoms with van der Waals surface area (Å²) in [5, 5.41) is 14.9. The second-order valence-electron chi connectivity index (χ2n) is 11.8. The minimum Gasteiger partial charge on any atom is -0.497 e. The van der Waals surface area contributed by atoms with Crippen LogP contribution in [0.15, 0.2) is 103 Å². The van der Waals surface area contributed by atoms with E-state index < -0.39 is 41.4 Å². The fourth-order valence-corrected chi connectivity index (χ4v) is 6.00. The van der Waals surface area contributed by atoms with Crippen molar-refractivity contribution in [1.29, 1.82) is 0 Å². The van der Waals surface area contributed by atoms with E-state index in [1.54, 1.807) is 48.5 Å². The SMILES string of the molecule is COc1ccc(N2C(=O)c3ccc(C(=O)Nc4cc(NC(=O)c5ccc6c(c5)C(=O)N(c5ccc(OC)cc5)C6=O)cc(C(=O)O)c4)cc3C2=O)cc1. The molecule has 0 atom stereocenters. The zero-order chi connectivity index (χ0) is 37.6. The van der Waals surface area contributed by atoms with Crippen molar-refractivity contribution in [2.75, 3.05) is 34.7 Å². The number of anilines is 4. The second-order valence-corrected chi connectivity index (χ2v) is 11.8. The highest BCUT2D eigenvalue weighted by Crippen LogP contribution is 2.32. The number of methoxy groups -OCH3 is 2. The number of nitrogens with one attached hydrogen (secondary N) is 2. The van der Waals surface area contributed by atoms with Gasteiger partial charge in [-0.05, 0) is 103 Å². The summed E-state index contributed by atoms with van der Waals surface area (Å²) < 4.78 is 10.3. The number of fused-ring (bicyclic) bond motifs is 2. The number of imide groups is 2. The number of nitrogens with zero attached hydrogens (tertiary/aromatic N) is 2. The Bertz CT molecular complexity index is 2260. The van der Waals surface area contributed by atoms with Crippen LogP contribution in [-0.4, -0.2) is 60.7 Å². The van der Waals surface area contributed by atoms with Gasteiger partial charge < -0.3 is 25.2 Å². The molecular formula is C39H26N4O10. The summed E-state index contributed by atoms with van der Waals surface area (Å²) in [6.45, 7) is 0. The molecule has 0 radical (unpaired) electrons. The number of carboxylic acid groups (broad SMARTS) is 1. The number of amides is 6. The normalized spacial score (nSPS) is 13.1. The highest BCUT2D eigenvalue weighted by Gasteiger charge is 2.38. The van der Waals surface area contributed by atoms with E-state index in [0.29, 0.717) is 22.9 Å². The van der Waals surface area contributed by atoms with Gasteiger partial charge in [0, 0.05) is 22.5 Å². The van der Waals surface area contributed by atoms with Gasteiger partial charge in [0.1, 0.15) is 11.5 Å². The topological polar surface area (TPSA) is 189 Å². The maximum atomic E-state index is 13.3. The molecule has 0 saturated carbocycles.